The van der Waals surface area contributed by atoms with Crippen LogP contribution in [0.15, 0.2) is 29.4 Å². The molecule has 1 heterocycles. The SMILES string of the molecule is Cc1ccc(C)c(CSc2nc(N)cc(N)n2)c1. The smallest absolute Gasteiger partial charge is 0.191 e. The van der Waals surface area contributed by atoms with E-state index in [1.807, 2.05) is 0 Å². The van der Waals surface area contributed by atoms with Crippen LogP contribution in [0.25, 0.3) is 0 Å². The van der Waals surface area contributed by atoms with E-state index in [-0.39, 0.29) is 0 Å². The highest BCUT2D eigenvalue weighted by atomic mass is 32.2. The molecule has 0 unspecified atom stereocenters. The van der Waals surface area contributed by atoms with E-state index in [2.05, 4.69) is 42.0 Å². The largest absolute Gasteiger partial charge is 0.383 e. The number of nitrogens with two attached hydrogens (primary N) is 2. The van der Waals surface area contributed by atoms with Crippen molar-refractivity contribution in [1.82, 2.24) is 9.97 Å². The number of aromatic nitrogens is 2. The molecule has 0 fully saturated rings. The highest BCUT2D eigenvalue weighted by molar-refractivity contribution is 7.98. The molecule has 0 saturated carbocycles. The van der Waals surface area contributed by atoms with Crippen LogP contribution in [0.1, 0.15) is 16.7 Å². The fraction of sp³-hybridized carbons (Fsp3) is 0.231. The van der Waals surface area contributed by atoms with Crippen LogP contribution in [0.4, 0.5) is 11.6 Å². The molecule has 0 saturated heterocycles. The maximum atomic E-state index is 5.64. The number of thioether (sulfide) groups is 1. The molecule has 0 amide bonds. The minimum Gasteiger partial charge on any atom is -0.383 e. The summed E-state index contributed by atoms with van der Waals surface area (Å²) in [7, 11) is 0. The molecule has 0 aliphatic carbocycles. The number of rotatable bonds is 3. The Balaban J connectivity index is 2.13. The molecular formula is C13H16N4S. The summed E-state index contributed by atoms with van der Waals surface area (Å²) < 4.78 is 0. The Morgan fingerprint density at radius 1 is 1.06 bits per heavy atom. The second-order valence-electron chi connectivity index (χ2n) is 4.22. The summed E-state index contributed by atoms with van der Waals surface area (Å²) in [5.41, 5.74) is 15.1. The molecule has 2 rings (SSSR count). The van der Waals surface area contributed by atoms with Crippen LogP contribution in [0, 0.1) is 13.8 Å². The summed E-state index contributed by atoms with van der Waals surface area (Å²) >= 11 is 1.54. The molecular weight excluding hydrogens is 244 g/mol. The van der Waals surface area contributed by atoms with Gasteiger partial charge < -0.3 is 11.5 Å². The minimum absolute atomic E-state index is 0.408. The van der Waals surface area contributed by atoms with Gasteiger partial charge in [0, 0.05) is 11.8 Å². The van der Waals surface area contributed by atoms with Crippen molar-refractivity contribution < 1.29 is 0 Å². The third-order valence-electron chi connectivity index (χ3n) is 2.61. The number of hydrogen-bond donors (Lipinski definition) is 2. The van der Waals surface area contributed by atoms with Crippen LogP contribution < -0.4 is 11.5 Å². The lowest BCUT2D eigenvalue weighted by atomic mass is 10.1. The van der Waals surface area contributed by atoms with Gasteiger partial charge in [0.25, 0.3) is 0 Å². The molecule has 1 aromatic heterocycles. The Morgan fingerprint density at radius 2 is 1.72 bits per heavy atom. The predicted molar refractivity (Wildman–Crippen MR) is 76.3 cm³/mol. The van der Waals surface area contributed by atoms with Crippen molar-refractivity contribution in [3.05, 3.63) is 41.0 Å². The quantitative estimate of drug-likeness (QED) is 0.655. The Morgan fingerprint density at radius 3 is 2.39 bits per heavy atom. The van der Waals surface area contributed by atoms with Crippen molar-refractivity contribution in [2.24, 2.45) is 0 Å². The number of nitrogen functional groups attached to an aromatic ring is 2. The summed E-state index contributed by atoms with van der Waals surface area (Å²) in [5.74, 6) is 1.63. The van der Waals surface area contributed by atoms with Crippen molar-refractivity contribution in [2.45, 2.75) is 24.8 Å². The molecule has 2 aromatic rings. The Labute approximate surface area is 111 Å². The highest BCUT2D eigenvalue weighted by Crippen LogP contribution is 2.23. The topological polar surface area (TPSA) is 77.8 Å². The predicted octanol–water partition coefficient (Wildman–Crippen LogP) is 2.55. The summed E-state index contributed by atoms with van der Waals surface area (Å²) in [4.78, 5) is 8.30. The van der Waals surface area contributed by atoms with Gasteiger partial charge in [-0.15, -0.1) is 0 Å². The molecule has 4 nitrogen and oxygen atoms in total. The summed E-state index contributed by atoms with van der Waals surface area (Å²) in [6, 6.07) is 7.97. The first-order valence-corrected chi connectivity index (χ1v) is 6.62. The standard InChI is InChI=1S/C13H16N4S/c1-8-3-4-9(2)10(5-8)7-18-13-16-11(14)6-12(15)17-13/h3-6H,7H2,1-2H3,(H4,14,15,16,17). The average molecular weight is 260 g/mol. The average Bonchev–Trinajstić information content (AvgIpc) is 2.29. The van der Waals surface area contributed by atoms with E-state index >= 15 is 0 Å². The molecule has 1 aromatic carbocycles. The molecule has 0 bridgehead atoms. The van der Waals surface area contributed by atoms with Gasteiger partial charge in [0.2, 0.25) is 0 Å². The van der Waals surface area contributed by atoms with Gasteiger partial charge in [-0.25, -0.2) is 9.97 Å². The van der Waals surface area contributed by atoms with Gasteiger partial charge >= 0.3 is 0 Å². The van der Waals surface area contributed by atoms with Gasteiger partial charge in [-0.1, -0.05) is 35.5 Å². The van der Waals surface area contributed by atoms with Crippen LogP contribution >= 0.6 is 11.8 Å². The third kappa shape index (κ3) is 3.13. The molecule has 18 heavy (non-hydrogen) atoms. The summed E-state index contributed by atoms with van der Waals surface area (Å²) in [6.07, 6.45) is 0. The maximum Gasteiger partial charge on any atom is 0.191 e. The van der Waals surface area contributed by atoms with Crippen LogP contribution in [-0.2, 0) is 5.75 Å². The zero-order valence-electron chi connectivity index (χ0n) is 10.5. The minimum atomic E-state index is 0.408. The van der Waals surface area contributed by atoms with Crippen LogP contribution in [0.5, 0.6) is 0 Å². The first-order chi connectivity index (χ1) is 8.54. The molecule has 0 spiro atoms. The lowest BCUT2D eigenvalue weighted by Gasteiger charge is -2.07. The molecule has 0 radical (unpaired) electrons. The van der Waals surface area contributed by atoms with Crippen molar-refractivity contribution in [3.63, 3.8) is 0 Å². The zero-order chi connectivity index (χ0) is 13.1. The van der Waals surface area contributed by atoms with E-state index in [0.717, 1.165) is 5.75 Å². The van der Waals surface area contributed by atoms with E-state index in [1.54, 1.807) is 17.8 Å². The monoisotopic (exact) mass is 260 g/mol. The first kappa shape index (κ1) is 12.7. The number of anilines is 2. The van der Waals surface area contributed by atoms with E-state index in [4.69, 9.17) is 11.5 Å². The molecule has 0 aliphatic heterocycles. The van der Waals surface area contributed by atoms with E-state index in [1.165, 1.54) is 16.7 Å². The Hall–Kier alpha value is -1.75. The first-order valence-electron chi connectivity index (χ1n) is 5.63. The van der Waals surface area contributed by atoms with Crippen molar-refractivity contribution >= 4 is 23.4 Å². The second kappa shape index (κ2) is 5.27. The molecule has 94 valence electrons. The third-order valence-corrected chi connectivity index (χ3v) is 3.50. The lowest BCUT2D eigenvalue weighted by Crippen LogP contribution is -1.99. The van der Waals surface area contributed by atoms with Crippen molar-refractivity contribution in [1.29, 1.82) is 0 Å². The van der Waals surface area contributed by atoms with E-state index in [0.29, 0.717) is 16.8 Å². The van der Waals surface area contributed by atoms with Crippen molar-refractivity contribution in [3.8, 4) is 0 Å². The number of hydrogen-bond acceptors (Lipinski definition) is 5. The van der Waals surface area contributed by atoms with E-state index in [9.17, 15) is 0 Å². The lowest BCUT2D eigenvalue weighted by molar-refractivity contribution is 0.983. The normalized spacial score (nSPS) is 10.6. The zero-order valence-corrected chi connectivity index (χ0v) is 11.3. The van der Waals surface area contributed by atoms with E-state index < -0.39 is 0 Å². The summed E-state index contributed by atoms with van der Waals surface area (Å²) in [5, 5.41) is 0.619. The number of benzene rings is 1. The molecule has 0 aliphatic rings. The van der Waals surface area contributed by atoms with Crippen LogP contribution in [0.3, 0.4) is 0 Å². The van der Waals surface area contributed by atoms with Crippen molar-refractivity contribution in [2.75, 3.05) is 11.5 Å². The van der Waals surface area contributed by atoms with Gasteiger partial charge in [-0.3, -0.25) is 0 Å². The molecule has 0 atom stereocenters. The Kier molecular flexibility index (Phi) is 3.72. The van der Waals surface area contributed by atoms with Gasteiger partial charge in [0.15, 0.2) is 5.16 Å². The van der Waals surface area contributed by atoms with Gasteiger partial charge in [0.05, 0.1) is 0 Å². The number of nitrogens with zero attached hydrogens (tertiary/aromatic N) is 2. The fourth-order valence-electron chi connectivity index (χ4n) is 1.62. The number of aryl methyl sites for hydroxylation is 2. The van der Waals surface area contributed by atoms with Gasteiger partial charge in [-0.2, -0.15) is 0 Å². The van der Waals surface area contributed by atoms with Gasteiger partial charge in [0.1, 0.15) is 11.6 Å². The second-order valence-corrected chi connectivity index (χ2v) is 5.16. The Bertz CT molecular complexity index is 549. The highest BCUT2D eigenvalue weighted by Gasteiger charge is 2.04. The van der Waals surface area contributed by atoms with Gasteiger partial charge in [-0.05, 0) is 25.0 Å². The fourth-order valence-corrected chi connectivity index (χ4v) is 2.56. The van der Waals surface area contributed by atoms with Crippen LogP contribution in [0.2, 0.25) is 0 Å². The summed E-state index contributed by atoms with van der Waals surface area (Å²) in [6.45, 7) is 4.19. The molecule has 4 N–H and O–H groups in total. The molecule has 5 heteroatoms. The van der Waals surface area contributed by atoms with Crippen LogP contribution in [-0.4, -0.2) is 9.97 Å². The maximum absolute atomic E-state index is 5.64.